The first-order chi connectivity index (χ1) is 32.4. The Hall–Kier alpha value is -5.78. The molecule has 3 amide bonds. The van der Waals surface area contributed by atoms with Gasteiger partial charge in [-0.2, -0.15) is 0 Å². The van der Waals surface area contributed by atoms with Crippen molar-refractivity contribution >= 4 is 35.3 Å². The highest BCUT2D eigenvalue weighted by atomic mass is 16.5. The molecule has 2 saturated heterocycles. The number of carbonyl (C=O) groups excluding carboxylic acids is 4. The molecule has 1 spiro atoms. The maximum absolute atomic E-state index is 14.2. The van der Waals surface area contributed by atoms with Gasteiger partial charge in [-0.15, -0.1) is 0 Å². The first-order valence-electron chi connectivity index (χ1n) is 24.9. The van der Waals surface area contributed by atoms with Crippen molar-refractivity contribution in [3.8, 4) is 33.5 Å². The number of hydrogen-bond donors (Lipinski definition) is 2. The molecule has 5 fully saturated rings. The molecule has 7 aliphatic rings. The Morgan fingerprint density at radius 1 is 0.776 bits per heavy atom. The van der Waals surface area contributed by atoms with Crippen LogP contribution < -0.4 is 5.32 Å². The highest BCUT2D eigenvalue weighted by molar-refractivity contribution is 6.01. The smallest absolute Gasteiger partial charge is 0.407 e. The summed E-state index contributed by atoms with van der Waals surface area (Å²) in [7, 11) is 2.71. The lowest BCUT2D eigenvalue weighted by Crippen LogP contribution is -2.52. The normalized spacial score (nSPS) is 25.7. The Balaban J connectivity index is 0.837. The molecular weight excluding hydrogens is 841 g/mol. The van der Waals surface area contributed by atoms with Crippen LogP contribution in [0.4, 0.5) is 10.5 Å². The van der Waals surface area contributed by atoms with Gasteiger partial charge in [-0.3, -0.25) is 19.4 Å². The van der Waals surface area contributed by atoms with Crippen LogP contribution >= 0.6 is 0 Å². The van der Waals surface area contributed by atoms with E-state index >= 15 is 0 Å². The van der Waals surface area contributed by atoms with E-state index in [1.54, 1.807) is 0 Å². The number of alkyl carbamates (subject to hydrolysis) is 1. The molecule has 11 rings (SSSR count). The number of amides is 3. The lowest BCUT2D eigenvalue weighted by molar-refractivity contribution is -0.148. The topological polar surface area (TPSA) is 146 Å². The number of esters is 1. The monoisotopic (exact) mass is 904 g/mol. The number of hydrogen-bond acceptors (Lipinski definition) is 8. The minimum absolute atomic E-state index is 0.0295. The number of rotatable bonds is 12. The first-order valence-corrected chi connectivity index (χ1v) is 24.9. The number of piperidine rings is 2. The number of imidazole rings is 1. The predicted molar refractivity (Wildman–Crippen MR) is 257 cm³/mol. The van der Waals surface area contributed by atoms with Gasteiger partial charge in [0.2, 0.25) is 11.8 Å². The van der Waals surface area contributed by atoms with Crippen LogP contribution in [0.1, 0.15) is 120 Å². The summed E-state index contributed by atoms with van der Waals surface area (Å²) < 4.78 is 9.84. The fourth-order valence-corrected chi connectivity index (χ4v) is 13.1. The van der Waals surface area contributed by atoms with Gasteiger partial charge in [-0.05, 0) is 137 Å². The highest BCUT2D eigenvalue weighted by Crippen LogP contribution is 2.57. The van der Waals surface area contributed by atoms with Crippen molar-refractivity contribution in [1.82, 2.24) is 25.1 Å². The van der Waals surface area contributed by atoms with Gasteiger partial charge in [0.05, 0.1) is 56.2 Å². The van der Waals surface area contributed by atoms with Crippen LogP contribution in [-0.4, -0.2) is 87.7 Å². The van der Waals surface area contributed by atoms with Crippen molar-refractivity contribution in [2.24, 2.45) is 34.6 Å². The van der Waals surface area contributed by atoms with E-state index in [1.807, 2.05) is 38.8 Å². The molecule has 3 saturated carbocycles. The van der Waals surface area contributed by atoms with Crippen molar-refractivity contribution < 1.29 is 28.7 Å². The number of carbonyl (C=O) groups is 4. The van der Waals surface area contributed by atoms with Gasteiger partial charge in [0, 0.05) is 24.2 Å². The summed E-state index contributed by atoms with van der Waals surface area (Å²) in [5.41, 5.74) is 13.6. The number of aliphatic imine (C=N–C) groups is 1. The Morgan fingerprint density at radius 3 is 2.13 bits per heavy atom. The molecule has 0 radical (unpaired) electrons. The number of aromatic nitrogens is 2. The van der Waals surface area contributed by atoms with Crippen LogP contribution in [0.15, 0.2) is 65.8 Å². The summed E-state index contributed by atoms with van der Waals surface area (Å²) in [6.45, 7) is 7.93. The van der Waals surface area contributed by atoms with Gasteiger partial charge >= 0.3 is 12.1 Å². The van der Waals surface area contributed by atoms with E-state index in [0.717, 1.165) is 67.0 Å². The third-order valence-electron chi connectivity index (χ3n) is 16.9. The molecule has 0 bridgehead atoms. The molecule has 3 aromatic carbocycles. The average Bonchev–Trinajstić information content (AvgIpc) is 3.78. The molecule has 67 heavy (non-hydrogen) atoms. The lowest BCUT2D eigenvalue weighted by Gasteiger charge is -2.32. The second-order valence-electron chi connectivity index (χ2n) is 21.5. The Bertz CT molecular complexity index is 2680. The van der Waals surface area contributed by atoms with E-state index < -0.39 is 18.1 Å². The Morgan fingerprint density at radius 2 is 1.45 bits per heavy atom. The molecule has 8 atom stereocenters. The quantitative estimate of drug-likeness (QED) is 0.135. The largest absolute Gasteiger partial charge is 0.469 e. The van der Waals surface area contributed by atoms with Crippen molar-refractivity contribution in [2.75, 3.05) is 14.2 Å². The van der Waals surface area contributed by atoms with Crippen LogP contribution in [0.2, 0.25) is 0 Å². The van der Waals surface area contributed by atoms with E-state index in [-0.39, 0.29) is 65.6 Å². The van der Waals surface area contributed by atoms with Crippen LogP contribution in [0.5, 0.6) is 0 Å². The van der Waals surface area contributed by atoms with E-state index in [2.05, 4.69) is 69.8 Å². The van der Waals surface area contributed by atoms with Crippen LogP contribution in [0.3, 0.4) is 0 Å². The molecule has 4 aromatic rings. The maximum Gasteiger partial charge on any atom is 0.407 e. The molecule has 12 nitrogen and oxygen atoms in total. The van der Waals surface area contributed by atoms with Gasteiger partial charge in [0.25, 0.3) is 0 Å². The summed E-state index contributed by atoms with van der Waals surface area (Å²) in [5.74, 6) is 0.946. The Labute approximate surface area is 393 Å². The third kappa shape index (κ3) is 7.57. The van der Waals surface area contributed by atoms with Gasteiger partial charge in [0.15, 0.2) is 0 Å². The van der Waals surface area contributed by atoms with Gasteiger partial charge in [-0.25, -0.2) is 9.78 Å². The highest BCUT2D eigenvalue weighted by Gasteiger charge is 2.58. The number of H-pyrrole nitrogens is 1. The van der Waals surface area contributed by atoms with Crippen molar-refractivity contribution in [3.05, 3.63) is 83.3 Å². The lowest BCUT2D eigenvalue weighted by atomic mass is 9.76. The van der Waals surface area contributed by atoms with E-state index in [9.17, 15) is 19.2 Å². The molecule has 350 valence electrons. The third-order valence-corrected chi connectivity index (χ3v) is 16.9. The zero-order valence-electron chi connectivity index (χ0n) is 39.8. The van der Waals surface area contributed by atoms with Gasteiger partial charge < -0.3 is 29.6 Å². The van der Waals surface area contributed by atoms with E-state index in [4.69, 9.17) is 19.5 Å². The number of fused-ring (bicyclic) bond motifs is 5. The van der Waals surface area contributed by atoms with Crippen LogP contribution in [-0.2, 0) is 42.1 Å². The number of methoxy groups -OCH3 is 2. The van der Waals surface area contributed by atoms with Crippen LogP contribution in [0, 0.1) is 29.6 Å². The standard InChI is InChI=1S/C55H64N6O6/c1-29(2)40(27-48(62)66-5)52(63)60-44-23-35(44)25-46(60)42-22-34-21-33(13-16-41(34)57-42)37-14-15-38(49-39(37)17-20-55(49)18-7-8-19-55)31-9-11-32(12-10-31)43-28-56-51(58-43)47-26-36-24-45(36)61(47)53(64)50(30(3)4)59-54(65)67-6/h9-16,21,28-30,35-36,40,44-47,50H,7-8,17-20,22-27H2,1-6H3,(H,56,58)(H,59,65)/t35?,36?,40-,44?,45?,46-,47-,50-/m0/s1. The van der Waals surface area contributed by atoms with Gasteiger partial charge in [-0.1, -0.05) is 83.0 Å². The predicted octanol–water partition coefficient (Wildman–Crippen LogP) is 9.66. The first kappa shape index (κ1) is 43.8. The van der Waals surface area contributed by atoms with Crippen molar-refractivity contribution in [1.29, 1.82) is 0 Å². The minimum atomic E-state index is -0.671. The second kappa shape index (κ2) is 16.8. The van der Waals surface area contributed by atoms with Gasteiger partial charge in [0.1, 0.15) is 11.9 Å². The fourth-order valence-electron chi connectivity index (χ4n) is 13.1. The molecule has 1 aromatic heterocycles. The number of ether oxygens (including phenoxy) is 2. The summed E-state index contributed by atoms with van der Waals surface area (Å²) in [6, 6.07) is 19.9. The summed E-state index contributed by atoms with van der Waals surface area (Å²) in [4.78, 5) is 70.4. The Kier molecular flexibility index (Phi) is 11.0. The zero-order valence-corrected chi connectivity index (χ0v) is 39.8. The molecular formula is C55H64N6O6. The van der Waals surface area contributed by atoms with E-state index in [1.165, 1.54) is 85.3 Å². The second-order valence-corrected chi connectivity index (χ2v) is 21.5. The SMILES string of the molecule is COC(=O)C[C@H](C(=O)N1C2CC2C[C@H]1C1=Nc2ccc(-c3ccc(-c4ccc(-c5cnc([C@@H]6CC7CC7N6C(=O)[C@@H](NC(=O)OC)C(C)C)[nH]5)cc4)c4c3CCC43CCCC3)cc2C1)C(C)C. The maximum atomic E-state index is 14.2. The van der Waals surface area contributed by atoms with Crippen molar-refractivity contribution in [2.45, 2.75) is 140 Å². The molecule has 4 heterocycles. The summed E-state index contributed by atoms with van der Waals surface area (Å²) in [5, 5.41) is 2.77. The summed E-state index contributed by atoms with van der Waals surface area (Å²) in [6.07, 6.45) is 13.2. The fraction of sp³-hybridized carbons (Fsp3) is 0.527. The number of nitrogens with zero attached hydrogens (tertiary/aromatic N) is 4. The molecule has 2 N–H and O–H groups in total. The summed E-state index contributed by atoms with van der Waals surface area (Å²) >= 11 is 0. The zero-order chi connectivity index (χ0) is 46.5. The molecule has 3 aliphatic heterocycles. The van der Waals surface area contributed by atoms with Crippen LogP contribution in [0.25, 0.3) is 33.5 Å². The molecule has 4 unspecified atom stereocenters. The number of likely N-dealkylation sites (tertiary alicyclic amines) is 2. The number of nitrogens with one attached hydrogen (secondary N) is 2. The molecule has 4 aliphatic carbocycles. The average molecular weight is 905 g/mol. The molecule has 12 heteroatoms. The minimum Gasteiger partial charge on any atom is -0.469 e. The van der Waals surface area contributed by atoms with Crippen molar-refractivity contribution in [3.63, 3.8) is 0 Å². The number of benzene rings is 3. The van der Waals surface area contributed by atoms with E-state index in [0.29, 0.717) is 11.8 Å². The number of aromatic amines is 1.